The molecular weight excluding hydrogens is 254 g/mol. The van der Waals surface area contributed by atoms with Crippen molar-refractivity contribution in [3.05, 3.63) is 36.3 Å². The van der Waals surface area contributed by atoms with Crippen molar-refractivity contribution in [3.63, 3.8) is 0 Å². The minimum absolute atomic E-state index is 0.569. The Kier molecular flexibility index (Phi) is 2.94. The Morgan fingerprint density at radius 3 is 2.80 bits per heavy atom. The predicted octanol–water partition coefficient (Wildman–Crippen LogP) is 1.64. The van der Waals surface area contributed by atoms with E-state index in [2.05, 4.69) is 25.6 Å². The largest absolute Gasteiger partial charge is 0.376 e. The molecule has 3 aromatic rings. The van der Waals surface area contributed by atoms with Crippen molar-refractivity contribution in [1.29, 1.82) is 0 Å². The molecule has 0 saturated heterocycles. The van der Waals surface area contributed by atoms with Gasteiger partial charge >= 0.3 is 0 Å². The monoisotopic (exact) mass is 269 g/mol. The van der Waals surface area contributed by atoms with Gasteiger partial charge in [0, 0.05) is 20.3 Å². The summed E-state index contributed by atoms with van der Waals surface area (Å²) in [5, 5.41) is 15.8. The third-order valence-electron chi connectivity index (χ3n) is 2.92. The van der Waals surface area contributed by atoms with Gasteiger partial charge in [0.25, 0.3) is 5.95 Å². The summed E-state index contributed by atoms with van der Waals surface area (Å²) in [7, 11) is 3.95. The Labute approximate surface area is 116 Å². The molecule has 102 valence electrons. The summed E-state index contributed by atoms with van der Waals surface area (Å²) in [6, 6.07) is 5.73. The second kappa shape index (κ2) is 4.76. The highest BCUT2D eigenvalue weighted by atomic mass is 15.4. The van der Waals surface area contributed by atoms with E-state index in [0.29, 0.717) is 11.6 Å². The van der Waals surface area contributed by atoms with Crippen LogP contribution in [-0.4, -0.2) is 38.9 Å². The van der Waals surface area contributed by atoms with Crippen molar-refractivity contribution in [2.75, 3.05) is 24.3 Å². The minimum Gasteiger partial charge on any atom is -0.376 e. The summed E-state index contributed by atoms with van der Waals surface area (Å²) in [6.07, 6.45) is 3.51. The average Bonchev–Trinajstić information content (AvgIpc) is 2.82. The van der Waals surface area contributed by atoms with Gasteiger partial charge < -0.3 is 10.2 Å². The molecule has 0 aliphatic carbocycles. The molecule has 0 bridgehead atoms. The third kappa shape index (κ3) is 2.13. The number of hydrogen-bond donors (Lipinski definition) is 1. The fourth-order valence-electron chi connectivity index (χ4n) is 1.95. The number of nitrogens with one attached hydrogen (secondary N) is 1. The van der Waals surface area contributed by atoms with Crippen molar-refractivity contribution >= 4 is 23.0 Å². The third-order valence-corrected chi connectivity index (χ3v) is 2.92. The maximum Gasteiger partial charge on any atom is 0.250 e. The topological polar surface area (TPSA) is 71.2 Å². The standard InChI is InChI=1S/C13H15N7/c1-9-4-5-12-16-17-13(20(12)18-9)15-10-8-14-7-6-11(10)19(2)3/h4-8H,1-3H3,(H,15,17). The van der Waals surface area contributed by atoms with Crippen LogP contribution in [0.2, 0.25) is 0 Å². The number of nitrogens with zero attached hydrogens (tertiary/aromatic N) is 6. The van der Waals surface area contributed by atoms with E-state index in [1.165, 1.54) is 0 Å². The molecule has 0 amide bonds. The van der Waals surface area contributed by atoms with E-state index >= 15 is 0 Å². The molecule has 0 unspecified atom stereocenters. The first kappa shape index (κ1) is 12.3. The molecule has 7 heteroatoms. The van der Waals surface area contributed by atoms with Gasteiger partial charge in [-0.1, -0.05) is 0 Å². The predicted molar refractivity (Wildman–Crippen MR) is 77.4 cm³/mol. The second-order valence-electron chi connectivity index (χ2n) is 4.68. The SMILES string of the molecule is Cc1ccc2nnc(Nc3cnccc3N(C)C)n2n1. The van der Waals surface area contributed by atoms with E-state index in [1.807, 2.05) is 44.1 Å². The number of aromatic nitrogens is 5. The summed E-state index contributed by atoms with van der Waals surface area (Å²) in [5.74, 6) is 0.569. The smallest absolute Gasteiger partial charge is 0.250 e. The number of anilines is 3. The Balaban J connectivity index is 2.03. The van der Waals surface area contributed by atoms with Crippen molar-refractivity contribution in [1.82, 2.24) is 24.8 Å². The van der Waals surface area contributed by atoms with Crippen LogP contribution in [0.3, 0.4) is 0 Å². The summed E-state index contributed by atoms with van der Waals surface area (Å²) in [6.45, 7) is 1.93. The highest BCUT2D eigenvalue weighted by molar-refractivity contribution is 5.72. The van der Waals surface area contributed by atoms with Gasteiger partial charge in [0.15, 0.2) is 5.65 Å². The zero-order chi connectivity index (χ0) is 14.1. The molecule has 0 atom stereocenters. The highest BCUT2D eigenvalue weighted by Gasteiger charge is 2.10. The molecule has 1 N–H and O–H groups in total. The van der Waals surface area contributed by atoms with E-state index in [1.54, 1.807) is 16.9 Å². The van der Waals surface area contributed by atoms with E-state index in [0.717, 1.165) is 17.1 Å². The van der Waals surface area contributed by atoms with Crippen LogP contribution in [0.25, 0.3) is 5.65 Å². The minimum atomic E-state index is 0.569. The summed E-state index contributed by atoms with van der Waals surface area (Å²) >= 11 is 0. The van der Waals surface area contributed by atoms with Crippen molar-refractivity contribution < 1.29 is 0 Å². The summed E-state index contributed by atoms with van der Waals surface area (Å²) in [5.41, 5.74) is 3.48. The lowest BCUT2D eigenvalue weighted by Gasteiger charge is -2.16. The fraction of sp³-hybridized carbons (Fsp3) is 0.231. The lowest BCUT2D eigenvalue weighted by molar-refractivity contribution is 0.901. The Morgan fingerprint density at radius 2 is 2.00 bits per heavy atom. The van der Waals surface area contributed by atoms with Gasteiger partial charge in [-0.3, -0.25) is 4.98 Å². The molecule has 0 aromatic carbocycles. The average molecular weight is 269 g/mol. The molecule has 20 heavy (non-hydrogen) atoms. The normalized spacial score (nSPS) is 10.8. The van der Waals surface area contributed by atoms with Gasteiger partial charge in [-0.25, -0.2) is 0 Å². The molecule has 0 aliphatic rings. The Hall–Kier alpha value is -2.70. The molecule has 0 spiro atoms. The number of pyridine rings is 1. The summed E-state index contributed by atoms with van der Waals surface area (Å²) < 4.78 is 1.68. The van der Waals surface area contributed by atoms with Gasteiger partial charge in [0.2, 0.25) is 0 Å². The maximum atomic E-state index is 4.40. The molecule has 0 fully saturated rings. The van der Waals surface area contributed by atoms with Gasteiger partial charge in [-0.2, -0.15) is 9.61 Å². The van der Waals surface area contributed by atoms with Crippen LogP contribution in [0.4, 0.5) is 17.3 Å². The molecule has 7 nitrogen and oxygen atoms in total. The van der Waals surface area contributed by atoms with E-state index < -0.39 is 0 Å². The second-order valence-corrected chi connectivity index (χ2v) is 4.68. The van der Waals surface area contributed by atoms with Gasteiger partial charge in [-0.15, -0.1) is 10.2 Å². The number of rotatable bonds is 3. The van der Waals surface area contributed by atoms with Gasteiger partial charge in [0.05, 0.1) is 23.3 Å². The lowest BCUT2D eigenvalue weighted by Crippen LogP contribution is -2.12. The van der Waals surface area contributed by atoms with Gasteiger partial charge in [-0.05, 0) is 25.1 Å². The molecular formula is C13H15N7. The quantitative estimate of drug-likeness (QED) is 0.779. The number of hydrogen-bond acceptors (Lipinski definition) is 6. The first-order valence-corrected chi connectivity index (χ1v) is 6.22. The van der Waals surface area contributed by atoms with Crippen LogP contribution in [-0.2, 0) is 0 Å². The first-order chi connectivity index (χ1) is 9.65. The van der Waals surface area contributed by atoms with Crippen LogP contribution < -0.4 is 10.2 Å². The Bertz CT molecular complexity index is 747. The molecule has 3 rings (SSSR count). The van der Waals surface area contributed by atoms with E-state index in [-0.39, 0.29) is 0 Å². The highest BCUT2D eigenvalue weighted by Crippen LogP contribution is 2.25. The first-order valence-electron chi connectivity index (χ1n) is 6.22. The zero-order valence-corrected chi connectivity index (χ0v) is 11.6. The van der Waals surface area contributed by atoms with E-state index in [9.17, 15) is 0 Å². The molecule has 3 heterocycles. The molecule has 0 radical (unpaired) electrons. The lowest BCUT2D eigenvalue weighted by atomic mass is 10.3. The molecule has 0 saturated carbocycles. The number of aryl methyl sites for hydroxylation is 1. The van der Waals surface area contributed by atoms with Crippen molar-refractivity contribution in [3.8, 4) is 0 Å². The maximum absolute atomic E-state index is 4.40. The van der Waals surface area contributed by atoms with Crippen molar-refractivity contribution in [2.24, 2.45) is 0 Å². The summed E-state index contributed by atoms with van der Waals surface area (Å²) in [4.78, 5) is 6.14. The molecule has 3 aromatic heterocycles. The fourth-order valence-corrected chi connectivity index (χ4v) is 1.95. The van der Waals surface area contributed by atoms with Gasteiger partial charge in [0.1, 0.15) is 0 Å². The van der Waals surface area contributed by atoms with Crippen LogP contribution in [0, 0.1) is 6.92 Å². The zero-order valence-electron chi connectivity index (χ0n) is 11.6. The van der Waals surface area contributed by atoms with Crippen molar-refractivity contribution in [2.45, 2.75) is 6.92 Å². The Morgan fingerprint density at radius 1 is 1.15 bits per heavy atom. The van der Waals surface area contributed by atoms with Crippen LogP contribution >= 0.6 is 0 Å². The molecule has 0 aliphatic heterocycles. The van der Waals surface area contributed by atoms with Crippen LogP contribution in [0.1, 0.15) is 5.69 Å². The van der Waals surface area contributed by atoms with E-state index in [4.69, 9.17) is 0 Å². The van der Waals surface area contributed by atoms with Crippen LogP contribution in [0.5, 0.6) is 0 Å². The number of fused-ring (bicyclic) bond motifs is 1. The van der Waals surface area contributed by atoms with Crippen LogP contribution in [0.15, 0.2) is 30.6 Å².